The summed E-state index contributed by atoms with van der Waals surface area (Å²) in [6.45, 7) is 0. The first-order chi connectivity index (χ1) is 10.1. The zero-order valence-corrected chi connectivity index (χ0v) is 13.5. The maximum Gasteiger partial charge on any atom is 0.143 e. The topological polar surface area (TPSA) is 17.8 Å². The van der Waals surface area contributed by atoms with Crippen molar-refractivity contribution in [1.82, 2.24) is 9.78 Å². The Hall–Kier alpha value is -0.770. The quantitative estimate of drug-likeness (QED) is 0.650. The third kappa shape index (κ3) is 2.79. The maximum absolute atomic E-state index is 13.6. The third-order valence-electron chi connectivity index (χ3n) is 3.98. The van der Waals surface area contributed by atoms with Gasteiger partial charge in [-0.05, 0) is 25.0 Å². The van der Waals surface area contributed by atoms with Gasteiger partial charge in [-0.2, -0.15) is 5.10 Å². The predicted molar refractivity (Wildman–Crippen MR) is 84.3 cm³/mol. The summed E-state index contributed by atoms with van der Waals surface area (Å²) in [5, 5.41) is 5.13. The molecular weight excluding hydrogens is 334 g/mol. The molecule has 0 aliphatic heterocycles. The number of nitrogens with zero attached hydrogens (tertiary/aromatic N) is 2. The van der Waals surface area contributed by atoms with Crippen molar-refractivity contribution in [2.45, 2.75) is 37.5 Å². The Kier molecular flexibility index (Phi) is 4.43. The van der Waals surface area contributed by atoms with Gasteiger partial charge < -0.3 is 0 Å². The van der Waals surface area contributed by atoms with Crippen molar-refractivity contribution in [2.24, 2.45) is 0 Å². The molecule has 2 aromatic rings. The van der Waals surface area contributed by atoms with Crippen LogP contribution in [0.5, 0.6) is 0 Å². The van der Waals surface area contributed by atoms with Crippen LogP contribution >= 0.6 is 34.8 Å². The Morgan fingerprint density at radius 3 is 2.57 bits per heavy atom. The lowest BCUT2D eigenvalue weighted by Gasteiger charge is -2.06. The summed E-state index contributed by atoms with van der Waals surface area (Å²) in [5.41, 5.74) is 2.35. The Bertz CT molecular complexity index is 663. The Morgan fingerprint density at radius 2 is 1.95 bits per heavy atom. The molecule has 0 spiro atoms. The molecule has 112 valence electrons. The summed E-state index contributed by atoms with van der Waals surface area (Å²) in [6.07, 6.45) is 4.61. The largest absolute Gasteiger partial charge is 0.221 e. The number of halogens is 4. The standard InChI is InChI=1S/C15H14Cl3FN2/c16-8-11-14(9-3-1-2-4-9)20-21(15(11)18)10-5-6-12(17)13(19)7-10/h5-7,9H,1-4,8H2. The van der Waals surface area contributed by atoms with E-state index in [0.717, 1.165) is 24.1 Å². The van der Waals surface area contributed by atoms with Gasteiger partial charge in [0, 0.05) is 17.5 Å². The highest BCUT2D eigenvalue weighted by molar-refractivity contribution is 6.32. The van der Waals surface area contributed by atoms with Crippen LogP contribution in [0.4, 0.5) is 4.39 Å². The lowest BCUT2D eigenvalue weighted by atomic mass is 10.0. The molecule has 0 bridgehead atoms. The highest BCUT2D eigenvalue weighted by atomic mass is 35.5. The van der Waals surface area contributed by atoms with Gasteiger partial charge >= 0.3 is 0 Å². The minimum absolute atomic E-state index is 0.0793. The molecule has 0 saturated heterocycles. The van der Waals surface area contributed by atoms with E-state index in [9.17, 15) is 4.39 Å². The van der Waals surface area contributed by atoms with Crippen LogP contribution in [0.25, 0.3) is 5.69 Å². The second-order valence-electron chi connectivity index (χ2n) is 5.28. The Morgan fingerprint density at radius 1 is 1.24 bits per heavy atom. The van der Waals surface area contributed by atoms with E-state index in [0.29, 0.717) is 22.6 Å². The van der Waals surface area contributed by atoms with Crippen molar-refractivity contribution in [3.8, 4) is 5.69 Å². The molecule has 0 atom stereocenters. The predicted octanol–water partition coefficient (Wildman–Crippen LogP) is 5.71. The molecular formula is C15H14Cl3FN2. The molecule has 1 aliphatic carbocycles. The number of aromatic nitrogens is 2. The smallest absolute Gasteiger partial charge is 0.143 e. The fourth-order valence-corrected chi connectivity index (χ4v) is 3.63. The Balaban J connectivity index is 2.08. The lowest BCUT2D eigenvalue weighted by Crippen LogP contribution is -2.00. The minimum Gasteiger partial charge on any atom is -0.221 e. The molecule has 0 radical (unpaired) electrons. The number of rotatable bonds is 3. The van der Waals surface area contributed by atoms with Crippen LogP contribution in [0.15, 0.2) is 18.2 Å². The molecule has 0 N–H and O–H groups in total. The molecule has 0 amide bonds. The maximum atomic E-state index is 13.6. The van der Waals surface area contributed by atoms with E-state index < -0.39 is 5.82 Å². The van der Waals surface area contributed by atoms with Crippen LogP contribution in [-0.2, 0) is 5.88 Å². The first-order valence-electron chi connectivity index (χ1n) is 6.90. The first kappa shape index (κ1) is 15.1. The van der Waals surface area contributed by atoms with Crippen LogP contribution in [0, 0.1) is 5.82 Å². The van der Waals surface area contributed by atoms with Gasteiger partial charge in [0.15, 0.2) is 0 Å². The zero-order valence-electron chi connectivity index (χ0n) is 11.3. The van der Waals surface area contributed by atoms with Gasteiger partial charge in [0.05, 0.1) is 22.3 Å². The van der Waals surface area contributed by atoms with Crippen molar-refractivity contribution in [3.05, 3.63) is 45.4 Å². The summed E-state index contributed by atoms with van der Waals surface area (Å²) in [4.78, 5) is 0. The number of benzene rings is 1. The summed E-state index contributed by atoms with van der Waals surface area (Å²) < 4.78 is 15.2. The van der Waals surface area contributed by atoms with Crippen LogP contribution in [-0.4, -0.2) is 9.78 Å². The van der Waals surface area contributed by atoms with E-state index in [4.69, 9.17) is 34.8 Å². The van der Waals surface area contributed by atoms with Gasteiger partial charge in [-0.15, -0.1) is 11.6 Å². The highest BCUT2D eigenvalue weighted by Crippen LogP contribution is 2.38. The zero-order chi connectivity index (χ0) is 15.0. The van der Waals surface area contributed by atoms with Crippen molar-refractivity contribution >= 4 is 34.8 Å². The monoisotopic (exact) mass is 346 g/mol. The second kappa shape index (κ2) is 6.15. The number of alkyl halides is 1. The SMILES string of the molecule is Fc1cc(-n2nc(C3CCCC3)c(CCl)c2Cl)ccc1Cl. The first-order valence-corrected chi connectivity index (χ1v) is 8.19. The molecule has 1 aromatic heterocycles. The van der Waals surface area contributed by atoms with Gasteiger partial charge in [-0.25, -0.2) is 9.07 Å². The van der Waals surface area contributed by atoms with E-state index in [-0.39, 0.29) is 5.02 Å². The molecule has 1 aromatic carbocycles. The van der Waals surface area contributed by atoms with E-state index >= 15 is 0 Å². The molecule has 21 heavy (non-hydrogen) atoms. The van der Waals surface area contributed by atoms with Gasteiger partial charge in [0.2, 0.25) is 0 Å². The van der Waals surface area contributed by atoms with Gasteiger partial charge in [-0.1, -0.05) is 36.0 Å². The molecule has 2 nitrogen and oxygen atoms in total. The summed E-state index contributed by atoms with van der Waals surface area (Å²) in [7, 11) is 0. The van der Waals surface area contributed by atoms with Gasteiger partial charge in [-0.3, -0.25) is 0 Å². The third-order valence-corrected chi connectivity index (χ3v) is 4.94. The van der Waals surface area contributed by atoms with Crippen molar-refractivity contribution in [3.63, 3.8) is 0 Å². The minimum atomic E-state index is -0.490. The molecule has 1 aliphatic rings. The van der Waals surface area contributed by atoms with E-state index in [2.05, 4.69) is 5.10 Å². The van der Waals surface area contributed by atoms with Crippen LogP contribution < -0.4 is 0 Å². The molecule has 3 rings (SSSR count). The van der Waals surface area contributed by atoms with Crippen molar-refractivity contribution in [1.29, 1.82) is 0 Å². The van der Waals surface area contributed by atoms with E-state index in [1.807, 2.05) is 0 Å². The van der Waals surface area contributed by atoms with Gasteiger partial charge in [0.25, 0.3) is 0 Å². The van der Waals surface area contributed by atoms with Gasteiger partial charge in [0.1, 0.15) is 11.0 Å². The van der Waals surface area contributed by atoms with Crippen molar-refractivity contribution in [2.75, 3.05) is 0 Å². The summed E-state index contributed by atoms with van der Waals surface area (Å²) >= 11 is 18.2. The molecule has 0 unspecified atom stereocenters. The molecule has 1 fully saturated rings. The highest BCUT2D eigenvalue weighted by Gasteiger charge is 2.26. The fourth-order valence-electron chi connectivity index (χ4n) is 2.88. The lowest BCUT2D eigenvalue weighted by molar-refractivity contribution is 0.624. The average Bonchev–Trinajstić information content (AvgIpc) is 3.09. The number of hydrogen-bond donors (Lipinski definition) is 0. The fraction of sp³-hybridized carbons (Fsp3) is 0.400. The van der Waals surface area contributed by atoms with Crippen molar-refractivity contribution < 1.29 is 4.39 Å². The van der Waals surface area contributed by atoms with Crippen LogP contribution in [0.3, 0.4) is 0 Å². The molecule has 6 heteroatoms. The van der Waals surface area contributed by atoms with Crippen LogP contribution in [0.1, 0.15) is 42.9 Å². The molecule has 1 saturated carbocycles. The van der Waals surface area contributed by atoms with E-state index in [1.165, 1.54) is 25.0 Å². The Labute approximate surface area is 137 Å². The second-order valence-corrected chi connectivity index (χ2v) is 6.31. The van der Waals surface area contributed by atoms with Crippen LogP contribution in [0.2, 0.25) is 10.2 Å². The van der Waals surface area contributed by atoms with E-state index in [1.54, 1.807) is 10.7 Å². The average molecular weight is 348 g/mol. The normalized spacial score (nSPS) is 15.8. The number of hydrogen-bond acceptors (Lipinski definition) is 1. The molecule has 1 heterocycles. The summed E-state index contributed by atoms with van der Waals surface area (Å²) in [6, 6.07) is 4.53. The summed E-state index contributed by atoms with van der Waals surface area (Å²) in [5.74, 6) is 0.214.